The summed E-state index contributed by atoms with van der Waals surface area (Å²) in [5, 5.41) is 7.85. The fourth-order valence-electron chi connectivity index (χ4n) is 1.60. The molecule has 1 unspecified atom stereocenters. The number of cyclic esters (lactones) is 1. The minimum Gasteiger partial charge on any atom is -0.464 e. The fourth-order valence-corrected chi connectivity index (χ4v) is 1.60. The van der Waals surface area contributed by atoms with Crippen molar-refractivity contribution in [2.24, 2.45) is 16.1 Å². The molecule has 1 saturated heterocycles. The minimum atomic E-state index is -0.597. The van der Waals surface area contributed by atoms with E-state index in [1.807, 2.05) is 6.92 Å². The molecule has 60 valence electrons. The van der Waals surface area contributed by atoms with Crippen molar-refractivity contribution in [3.05, 3.63) is 0 Å². The molecule has 2 atom stereocenters. The van der Waals surface area contributed by atoms with E-state index in [-0.39, 0.29) is 11.9 Å². The first-order valence-corrected chi connectivity index (χ1v) is 3.81. The number of esters is 1. The van der Waals surface area contributed by atoms with Crippen molar-refractivity contribution in [2.75, 3.05) is 13.2 Å². The van der Waals surface area contributed by atoms with Gasteiger partial charge in [0.25, 0.3) is 0 Å². The predicted octanol–water partition coefficient (Wildman–Crippen LogP) is 0.774. The van der Waals surface area contributed by atoms with Gasteiger partial charge in [-0.05, 0) is 0 Å². The highest BCUT2D eigenvalue weighted by molar-refractivity contribution is 5.83. The predicted molar refractivity (Wildman–Crippen MR) is 37.2 cm³/mol. The maximum Gasteiger partial charge on any atom is 0.336 e. The van der Waals surface area contributed by atoms with Crippen LogP contribution < -0.4 is 0 Å². The number of azo groups is 1. The van der Waals surface area contributed by atoms with E-state index in [0.717, 1.165) is 0 Å². The third-order valence-corrected chi connectivity index (χ3v) is 2.49. The molecule has 2 heterocycles. The molecule has 0 amide bonds. The average molecular weight is 154 g/mol. The van der Waals surface area contributed by atoms with Crippen LogP contribution in [0.5, 0.6) is 0 Å². The molecule has 0 aliphatic carbocycles. The van der Waals surface area contributed by atoms with Crippen LogP contribution in [0.15, 0.2) is 10.2 Å². The smallest absolute Gasteiger partial charge is 0.336 e. The Morgan fingerprint density at radius 1 is 1.73 bits per heavy atom. The summed E-state index contributed by atoms with van der Waals surface area (Å²) in [6.07, 6.45) is 0.705. The summed E-state index contributed by atoms with van der Waals surface area (Å²) in [6.45, 7) is 3.16. The van der Waals surface area contributed by atoms with Gasteiger partial charge >= 0.3 is 5.97 Å². The summed E-state index contributed by atoms with van der Waals surface area (Å²) in [6, 6.07) is 0. The molecule has 1 fully saturated rings. The van der Waals surface area contributed by atoms with Gasteiger partial charge in [-0.15, -0.1) is 0 Å². The number of hydrogen-bond donors (Lipinski definition) is 0. The summed E-state index contributed by atoms with van der Waals surface area (Å²) in [5.74, 6) is 0.0312. The van der Waals surface area contributed by atoms with Crippen LogP contribution in [-0.2, 0) is 9.53 Å². The van der Waals surface area contributed by atoms with Gasteiger partial charge in [0, 0.05) is 12.3 Å². The Labute approximate surface area is 64.6 Å². The molecule has 2 aliphatic heterocycles. The Balaban J connectivity index is 2.33. The van der Waals surface area contributed by atoms with Gasteiger partial charge in [-0.2, -0.15) is 10.2 Å². The molecule has 1 spiro atoms. The monoisotopic (exact) mass is 154 g/mol. The first-order chi connectivity index (χ1) is 5.26. The highest BCUT2D eigenvalue weighted by Gasteiger charge is 2.51. The summed E-state index contributed by atoms with van der Waals surface area (Å²) in [7, 11) is 0. The van der Waals surface area contributed by atoms with E-state index in [4.69, 9.17) is 4.74 Å². The number of carbonyl (C=O) groups is 1. The van der Waals surface area contributed by atoms with Crippen molar-refractivity contribution < 1.29 is 9.53 Å². The topological polar surface area (TPSA) is 51.0 Å². The molecular weight excluding hydrogens is 144 g/mol. The summed E-state index contributed by atoms with van der Waals surface area (Å²) >= 11 is 0. The molecule has 0 N–H and O–H groups in total. The maximum atomic E-state index is 11.2. The summed E-state index contributed by atoms with van der Waals surface area (Å²) in [5.41, 5.74) is -0.597. The van der Waals surface area contributed by atoms with Gasteiger partial charge in [0.15, 0.2) is 5.54 Å². The van der Waals surface area contributed by atoms with E-state index < -0.39 is 5.54 Å². The van der Waals surface area contributed by atoms with Gasteiger partial charge in [-0.3, -0.25) is 0 Å². The standard InChI is InChI=1S/C7H10N2O2/c1-5-4-8-9-7(5)2-3-11-6(7)10/h5H,2-4H2,1H3/t5-,7?/m1/s1. The lowest BCUT2D eigenvalue weighted by Crippen LogP contribution is -2.37. The van der Waals surface area contributed by atoms with Gasteiger partial charge in [0.05, 0.1) is 13.2 Å². The Hall–Kier alpha value is -0.930. The number of hydrogen-bond acceptors (Lipinski definition) is 4. The van der Waals surface area contributed by atoms with Crippen LogP contribution in [-0.4, -0.2) is 24.7 Å². The van der Waals surface area contributed by atoms with Crippen LogP contribution in [0.3, 0.4) is 0 Å². The average Bonchev–Trinajstić information content (AvgIpc) is 2.48. The second-order valence-corrected chi connectivity index (χ2v) is 3.14. The zero-order valence-corrected chi connectivity index (χ0v) is 6.41. The fraction of sp³-hybridized carbons (Fsp3) is 0.857. The molecule has 4 heteroatoms. The van der Waals surface area contributed by atoms with Crippen molar-refractivity contribution in [1.29, 1.82) is 0 Å². The summed E-state index contributed by atoms with van der Waals surface area (Å²) in [4.78, 5) is 11.2. The lowest BCUT2D eigenvalue weighted by atomic mass is 9.86. The van der Waals surface area contributed by atoms with Crippen LogP contribution in [0.1, 0.15) is 13.3 Å². The largest absolute Gasteiger partial charge is 0.464 e. The Kier molecular flexibility index (Phi) is 1.25. The van der Waals surface area contributed by atoms with E-state index in [9.17, 15) is 4.79 Å². The van der Waals surface area contributed by atoms with Crippen LogP contribution in [0.2, 0.25) is 0 Å². The zero-order chi connectivity index (χ0) is 7.90. The number of ether oxygens (including phenoxy) is 1. The molecule has 4 nitrogen and oxygen atoms in total. The van der Waals surface area contributed by atoms with Crippen LogP contribution in [0.25, 0.3) is 0 Å². The minimum absolute atomic E-state index is 0.189. The van der Waals surface area contributed by atoms with Gasteiger partial charge in [0.2, 0.25) is 0 Å². The van der Waals surface area contributed by atoms with E-state index in [2.05, 4.69) is 10.2 Å². The molecule has 2 aliphatic rings. The molecule has 0 saturated carbocycles. The lowest BCUT2D eigenvalue weighted by molar-refractivity contribution is -0.143. The van der Waals surface area contributed by atoms with Gasteiger partial charge < -0.3 is 4.74 Å². The number of carbonyl (C=O) groups excluding carboxylic acids is 1. The Bertz CT molecular complexity index is 226. The first-order valence-electron chi connectivity index (χ1n) is 3.81. The molecule has 0 bridgehead atoms. The van der Waals surface area contributed by atoms with E-state index in [0.29, 0.717) is 19.6 Å². The van der Waals surface area contributed by atoms with Gasteiger partial charge in [-0.25, -0.2) is 4.79 Å². The molecule has 2 rings (SSSR count). The van der Waals surface area contributed by atoms with Gasteiger partial charge in [0.1, 0.15) is 0 Å². The van der Waals surface area contributed by atoms with E-state index >= 15 is 0 Å². The summed E-state index contributed by atoms with van der Waals surface area (Å²) < 4.78 is 4.87. The second-order valence-electron chi connectivity index (χ2n) is 3.14. The Morgan fingerprint density at radius 3 is 3.00 bits per heavy atom. The van der Waals surface area contributed by atoms with Crippen LogP contribution in [0.4, 0.5) is 0 Å². The normalized spacial score (nSPS) is 41.9. The SMILES string of the molecule is C[C@@H]1CN=NC12CCOC2=O. The number of nitrogens with zero attached hydrogens (tertiary/aromatic N) is 2. The zero-order valence-electron chi connectivity index (χ0n) is 6.41. The maximum absolute atomic E-state index is 11.2. The van der Waals surface area contributed by atoms with Crippen LogP contribution in [0, 0.1) is 5.92 Å². The molecule has 0 aromatic heterocycles. The van der Waals surface area contributed by atoms with Crippen molar-refractivity contribution in [3.8, 4) is 0 Å². The first kappa shape index (κ1) is 6.76. The molecule has 0 aromatic carbocycles. The molecular formula is C7H10N2O2. The molecule has 11 heavy (non-hydrogen) atoms. The van der Waals surface area contributed by atoms with E-state index in [1.54, 1.807) is 0 Å². The van der Waals surface area contributed by atoms with Crippen molar-refractivity contribution >= 4 is 5.97 Å². The quantitative estimate of drug-likeness (QED) is 0.484. The van der Waals surface area contributed by atoms with Crippen molar-refractivity contribution in [3.63, 3.8) is 0 Å². The molecule has 0 radical (unpaired) electrons. The lowest BCUT2D eigenvalue weighted by Gasteiger charge is -2.17. The second kappa shape index (κ2) is 2.03. The third kappa shape index (κ3) is 0.721. The van der Waals surface area contributed by atoms with E-state index in [1.165, 1.54) is 0 Å². The van der Waals surface area contributed by atoms with Crippen LogP contribution >= 0.6 is 0 Å². The third-order valence-electron chi connectivity index (χ3n) is 2.49. The number of rotatable bonds is 0. The molecule has 0 aromatic rings. The highest BCUT2D eigenvalue weighted by atomic mass is 16.5. The Morgan fingerprint density at radius 2 is 2.55 bits per heavy atom. The van der Waals surface area contributed by atoms with Gasteiger partial charge in [-0.1, -0.05) is 6.92 Å². The highest BCUT2D eigenvalue weighted by Crippen LogP contribution is 2.36. The van der Waals surface area contributed by atoms with Crippen molar-refractivity contribution in [2.45, 2.75) is 18.9 Å². The van der Waals surface area contributed by atoms with Crippen molar-refractivity contribution in [1.82, 2.24) is 0 Å².